The third kappa shape index (κ3) is 5.86. The van der Waals surface area contributed by atoms with E-state index < -0.39 is 18.5 Å². The number of carbonyl (C=O) groups is 3. The molecular weight excluding hydrogens is 430 g/mol. The largest absolute Gasteiger partial charge is 0.484 e. The zero-order valence-electron chi connectivity index (χ0n) is 18.0. The number of hydrogen-bond donors (Lipinski definition) is 1. The predicted octanol–water partition coefficient (Wildman–Crippen LogP) is 3.58. The van der Waals surface area contributed by atoms with Crippen LogP contribution >= 0.6 is 11.3 Å². The SMILES string of the molecule is C[C@@H]1CCC[C@@H](C)N1C(=O)COc1ccc(C(=O)OCC(=O)Nc2sccc2C#N)cc1. The average molecular weight is 456 g/mol. The molecule has 9 heteroatoms. The van der Waals surface area contributed by atoms with Gasteiger partial charge >= 0.3 is 5.97 Å². The third-order valence-electron chi connectivity index (χ3n) is 5.31. The maximum absolute atomic E-state index is 12.5. The van der Waals surface area contributed by atoms with Crippen LogP contribution < -0.4 is 10.1 Å². The molecule has 1 aliphatic heterocycles. The van der Waals surface area contributed by atoms with Crippen molar-refractivity contribution in [2.45, 2.75) is 45.2 Å². The zero-order valence-corrected chi connectivity index (χ0v) is 18.8. The van der Waals surface area contributed by atoms with Crippen molar-refractivity contribution in [3.8, 4) is 11.8 Å². The van der Waals surface area contributed by atoms with Gasteiger partial charge in [-0.05, 0) is 68.8 Å². The first-order chi connectivity index (χ1) is 15.4. The molecule has 0 unspecified atom stereocenters. The smallest absolute Gasteiger partial charge is 0.338 e. The normalized spacial score (nSPS) is 17.8. The molecule has 1 N–H and O–H groups in total. The fraction of sp³-hybridized carbons (Fsp3) is 0.391. The maximum atomic E-state index is 12.5. The van der Waals surface area contributed by atoms with E-state index >= 15 is 0 Å². The van der Waals surface area contributed by atoms with Crippen LogP contribution in [0.2, 0.25) is 0 Å². The standard InChI is InChI=1S/C23H25N3O5S/c1-15-4-3-5-16(2)26(15)21(28)14-30-19-8-6-17(7-9-19)23(29)31-13-20(27)25-22-18(12-24)10-11-32-22/h6-11,15-16H,3-5,13-14H2,1-2H3,(H,25,27)/t15-,16-/m1/s1. The fourth-order valence-electron chi connectivity index (χ4n) is 3.69. The van der Waals surface area contributed by atoms with Crippen LogP contribution in [0.1, 0.15) is 49.0 Å². The lowest BCUT2D eigenvalue weighted by Crippen LogP contribution is -2.49. The quantitative estimate of drug-likeness (QED) is 0.639. The van der Waals surface area contributed by atoms with Crippen LogP contribution in [0.5, 0.6) is 5.75 Å². The number of nitrogens with zero attached hydrogens (tertiary/aromatic N) is 2. The first kappa shape index (κ1) is 23.3. The highest BCUT2D eigenvalue weighted by Gasteiger charge is 2.29. The number of nitrogens with one attached hydrogen (secondary N) is 1. The molecule has 2 amide bonds. The Morgan fingerprint density at radius 2 is 1.81 bits per heavy atom. The van der Waals surface area contributed by atoms with Crippen LogP contribution in [0.15, 0.2) is 35.7 Å². The minimum absolute atomic E-state index is 0.0514. The van der Waals surface area contributed by atoms with Gasteiger partial charge in [-0.25, -0.2) is 4.79 Å². The Balaban J connectivity index is 1.46. The molecule has 2 atom stereocenters. The Labute approximate surface area is 190 Å². The van der Waals surface area contributed by atoms with Crippen molar-refractivity contribution in [3.63, 3.8) is 0 Å². The molecule has 3 rings (SSSR count). The van der Waals surface area contributed by atoms with Crippen molar-refractivity contribution in [2.75, 3.05) is 18.5 Å². The number of anilines is 1. The van der Waals surface area contributed by atoms with Gasteiger partial charge in [-0.3, -0.25) is 9.59 Å². The summed E-state index contributed by atoms with van der Waals surface area (Å²) in [6.45, 7) is 3.57. The topological polar surface area (TPSA) is 109 Å². The number of likely N-dealkylation sites (tertiary alicyclic amines) is 1. The van der Waals surface area contributed by atoms with Crippen LogP contribution in [0.4, 0.5) is 5.00 Å². The lowest BCUT2D eigenvalue weighted by molar-refractivity contribution is -0.139. The van der Waals surface area contributed by atoms with Gasteiger partial charge in [-0.1, -0.05) is 0 Å². The number of amides is 2. The summed E-state index contributed by atoms with van der Waals surface area (Å²) in [7, 11) is 0. The van der Waals surface area contributed by atoms with Crippen molar-refractivity contribution >= 4 is 34.1 Å². The summed E-state index contributed by atoms with van der Waals surface area (Å²) in [4.78, 5) is 38.6. The molecule has 1 aromatic carbocycles. The second-order valence-electron chi connectivity index (χ2n) is 7.64. The lowest BCUT2D eigenvalue weighted by Gasteiger charge is -2.38. The molecular formula is C23H25N3O5S. The van der Waals surface area contributed by atoms with Crippen LogP contribution in [-0.4, -0.2) is 48.0 Å². The van der Waals surface area contributed by atoms with Crippen molar-refractivity contribution in [3.05, 3.63) is 46.8 Å². The summed E-state index contributed by atoms with van der Waals surface area (Å²) in [5.74, 6) is -0.779. The summed E-state index contributed by atoms with van der Waals surface area (Å²) >= 11 is 1.21. The molecule has 0 radical (unpaired) electrons. The van der Waals surface area contributed by atoms with Crippen LogP contribution in [0.3, 0.4) is 0 Å². The van der Waals surface area contributed by atoms with Crippen LogP contribution in [-0.2, 0) is 14.3 Å². The molecule has 0 aliphatic carbocycles. The van der Waals surface area contributed by atoms with E-state index in [4.69, 9.17) is 14.7 Å². The molecule has 0 bridgehead atoms. The molecule has 168 valence electrons. The van der Waals surface area contributed by atoms with E-state index in [9.17, 15) is 14.4 Å². The van der Waals surface area contributed by atoms with Gasteiger partial charge in [0.2, 0.25) is 0 Å². The number of carbonyl (C=O) groups excluding carboxylic acids is 3. The Morgan fingerprint density at radius 1 is 1.12 bits per heavy atom. The summed E-state index contributed by atoms with van der Waals surface area (Å²) < 4.78 is 10.6. The Hall–Kier alpha value is -3.38. The number of hydrogen-bond acceptors (Lipinski definition) is 7. The number of rotatable bonds is 7. The summed E-state index contributed by atoms with van der Waals surface area (Å²) in [6, 6.07) is 10.2. The molecule has 1 fully saturated rings. The fourth-order valence-corrected chi connectivity index (χ4v) is 4.44. The van der Waals surface area contributed by atoms with Gasteiger partial charge in [-0.2, -0.15) is 5.26 Å². The molecule has 2 aromatic rings. The molecule has 2 heterocycles. The predicted molar refractivity (Wildman–Crippen MR) is 120 cm³/mol. The summed E-state index contributed by atoms with van der Waals surface area (Å²) in [5.41, 5.74) is 0.608. The lowest BCUT2D eigenvalue weighted by atomic mass is 9.97. The highest BCUT2D eigenvalue weighted by molar-refractivity contribution is 7.14. The zero-order chi connectivity index (χ0) is 23.1. The molecule has 0 spiro atoms. The third-order valence-corrected chi connectivity index (χ3v) is 6.14. The molecule has 1 saturated heterocycles. The van der Waals surface area contributed by atoms with Crippen molar-refractivity contribution in [2.24, 2.45) is 0 Å². The maximum Gasteiger partial charge on any atom is 0.338 e. The van der Waals surface area contributed by atoms with Crippen LogP contribution in [0.25, 0.3) is 0 Å². The minimum Gasteiger partial charge on any atom is -0.484 e. The first-order valence-electron chi connectivity index (χ1n) is 10.4. The molecule has 1 aromatic heterocycles. The number of esters is 1. The summed E-state index contributed by atoms with van der Waals surface area (Å²) in [6.07, 6.45) is 3.12. The van der Waals surface area contributed by atoms with Gasteiger partial charge in [0.15, 0.2) is 13.2 Å². The van der Waals surface area contributed by atoms with Crippen molar-refractivity contribution < 1.29 is 23.9 Å². The van der Waals surface area contributed by atoms with Gasteiger partial charge in [0.05, 0.1) is 11.1 Å². The molecule has 0 saturated carbocycles. The summed E-state index contributed by atoms with van der Waals surface area (Å²) in [5, 5.41) is 13.6. The number of nitriles is 1. The van der Waals surface area contributed by atoms with E-state index in [1.807, 2.05) is 11.0 Å². The Morgan fingerprint density at radius 3 is 2.47 bits per heavy atom. The average Bonchev–Trinajstić information content (AvgIpc) is 3.23. The highest BCUT2D eigenvalue weighted by Crippen LogP contribution is 2.23. The van der Waals surface area contributed by atoms with Crippen LogP contribution in [0, 0.1) is 11.3 Å². The van der Waals surface area contributed by atoms with E-state index in [2.05, 4.69) is 19.2 Å². The van der Waals surface area contributed by atoms with Crippen molar-refractivity contribution in [1.29, 1.82) is 5.26 Å². The van der Waals surface area contributed by atoms with E-state index in [0.717, 1.165) is 19.3 Å². The number of ether oxygens (including phenoxy) is 2. The van der Waals surface area contributed by atoms with Crippen molar-refractivity contribution in [1.82, 2.24) is 4.90 Å². The van der Waals surface area contributed by atoms with Gasteiger partial charge in [-0.15, -0.1) is 11.3 Å². The van der Waals surface area contributed by atoms with Gasteiger partial charge in [0.1, 0.15) is 16.8 Å². The second kappa shape index (κ2) is 10.8. The molecule has 32 heavy (non-hydrogen) atoms. The van der Waals surface area contributed by atoms with Gasteiger partial charge in [0.25, 0.3) is 11.8 Å². The Bertz CT molecular complexity index is 1000. The number of piperidine rings is 1. The van der Waals surface area contributed by atoms with E-state index in [1.165, 1.54) is 23.5 Å². The Kier molecular flexibility index (Phi) is 7.84. The molecule has 1 aliphatic rings. The van der Waals surface area contributed by atoms with E-state index in [0.29, 0.717) is 16.3 Å². The minimum atomic E-state index is -0.662. The number of thiophene rings is 1. The highest BCUT2D eigenvalue weighted by atomic mass is 32.1. The number of benzene rings is 1. The van der Waals surface area contributed by atoms with E-state index in [1.54, 1.807) is 23.6 Å². The monoisotopic (exact) mass is 455 g/mol. The second-order valence-corrected chi connectivity index (χ2v) is 8.56. The molecule has 8 nitrogen and oxygen atoms in total. The first-order valence-corrected chi connectivity index (χ1v) is 11.3. The van der Waals surface area contributed by atoms with E-state index in [-0.39, 0.29) is 30.2 Å². The van der Waals surface area contributed by atoms with Gasteiger partial charge < -0.3 is 19.7 Å². The van der Waals surface area contributed by atoms with Gasteiger partial charge in [0, 0.05) is 12.1 Å².